The molecule has 0 radical (unpaired) electrons. The Morgan fingerprint density at radius 3 is 3.12 bits per heavy atom. The molecule has 4 heteroatoms. The van der Waals surface area contributed by atoms with Crippen LogP contribution in [0.3, 0.4) is 0 Å². The minimum atomic E-state index is 0.471. The highest BCUT2D eigenvalue weighted by Crippen LogP contribution is 2.10. The Balaban J connectivity index is 1.78. The zero-order chi connectivity index (χ0) is 11.4. The van der Waals surface area contributed by atoms with Gasteiger partial charge in [0.05, 0.1) is 18.8 Å². The quantitative estimate of drug-likeness (QED) is 0.827. The molecule has 16 heavy (non-hydrogen) atoms. The smallest absolute Gasteiger partial charge is 0.150 e. The minimum Gasteiger partial charge on any atom is -0.380 e. The van der Waals surface area contributed by atoms with Crippen LogP contribution >= 0.6 is 0 Å². The van der Waals surface area contributed by atoms with Crippen molar-refractivity contribution in [3.63, 3.8) is 0 Å². The predicted molar refractivity (Wildman–Crippen MR) is 61.1 cm³/mol. The van der Waals surface area contributed by atoms with Crippen LogP contribution in [0.2, 0.25) is 0 Å². The van der Waals surface area contributed by atoms with Gasteiger partial charge in [-0.05, 0) is 18.8 Å². The van der Waals surface area contributed by atoms with Crippen LogP contribution in [0.15, 0.2) is 10.6 Å². The molecule has 0 aromatic carbocycles. The molecule has 1 aliphatic heterocycles. The summed E-state index contributed by atoms with van der Waals surface area (Å²) in [7, 11) is 0. The lowest BCUT2D eigenvalue weighted by Gasteiger charge is -2.07. The summed E-state index contributed by atoms with van der Waals surface area (Å²) in [5, 5.41) is 7.46. The molecule has 1 unspecified atom stereocenters. The SMILES string of the molecule is CC(C)Cc1cc(CNC2CCOC2)on1. The molecular weight excluding hydrogens is 204 g/mol. The molecule has 2 rings (SSSR count). The molecule has 0 aliphatic carbocycles. The van der Waals surface area contributed by atoms with Crippen LogP contribution < -0.4 is 5.32 Å². The van der Waals surface area contributed by atoms with E-state index in [1.165, 1.54) is 0 Å². The summed E-state index contributed by atoms with van der Waals surface area (Å²) < 4.78 is 10.6. The molecule has 1 aliphatic rings. The third kappa shape index (κ3) is 3.32. The summed E-state index contributed by atoms with van der Waals surface area (Å²) in [6.07, 6.45) is 2.07. The van der Waals surface area contributed by atoms with Crippen molar-refractivity contribution in [3.05, 3.63) is 17.5 Å². The van der Waals surface area contributed by atoms with E-state index in [1.807, 2.05) is 6.07 Å². The van der Waals surface area contributed by atoms with Crippen LogP contribution in [0.1, 0.15) is 31.7 Å². The normalized spacial score (nSPS) is 20.8. The number of rotatable bonds is 5. The topological polar surface area (TPSA) is 47.3 Å². The van der Waals surface area contributed by atoms with Crippen molar-refractivity contribution < 1.29 is 9.26 Å². The molecule has 1 fully saturated rings. The molecule has 1 N–H and O–H groups in total. The fourth-order valence-corrected chi connectivity index (χ4v) is 1.89. The van der Waals surface area contributed by atoms with Crippen molar-refractivity contribution in [2.45, 2.75) is 39.3 Å². The molecule has 90 valence electrons. The first-order valence-electron chi connectivity index (χ1n) is 5.99. The fraction of sp³-hybridized carbons (Fsp3) is 0.750. The van der Waals surface area contributed by atoms with Gasteiger partial charge in [-0.2, -0.15) is 0 Å². The van der Waals surface area contributed by atoms with E-state index in [2.05, 4.69) is 24.3 Å². The Hall–Kier alpha value is -0.870. The van der Waals surface area contributed by atoms with Gasteiger partial charge in [0.1, 0.15) is 0 Å². The molecule has 4 nitrogen and oxygen atoms in total. The van der Waals surface area contributed by atoms with Crippen LogP contribution in [0.4, 0.5) is 0 Å². The van der Waals surface area contributed by atoms with Gasteiger partial charge in [0.25, 0.3) is 0 Å². The van der Waals surface area contributed by atoms with Gasteiger partial charge in [-0.3, -0.25) is 0 Å². The second kappa shape index (κ2) is 5.46. The maximum absolute atomic E-state index is 5.29. The van der Waals surface area contributed by atoms with Crippen molar-refractivity contribution in [3.8, 4) is 0 Å². The lowest BCUT2D eigenvalue weighted by molar-refractivity contribution is 0.189. The Morgan fingerprint density at radius 1 is 1.56 bits per heavy atom. The fourth-order valence-electron chi connectivity index (χ4n) is 1.89. The highest BCUT2D eigenvalue weighted by Gasteiger charge is 2.15. The van der Waals surface area contributed by atoms with E-state index < -0.39 is 0 Å². The summed E-state index contributed by atoms with van der Waals surface area (Å²) in [6.45, 7) is 6.80. The highest BCUT2D eigenvalue weighted by molar-refractivity contribution is 5.05. The molecule has 1 aromatic rings. The van der Waals surface area contributed by atoms with Crippen LogP contribution in [-0.4, -0.2) is 24.4 Å². The molecule has 1 aromatic heterocycles. The zero-order valence-electron chi connectivity index (χ0n) is 10.0. The van der Waals surface area contributed by atoms with E-state index in [0.717, 1.165) is 44.1 Å². The van der Waals surface area contributed by atoms with Gasteiger partial charge in [0.15, 0.2) is 5.76 Å². The monoisotopic (exact) mass is 224 g/mol. The van der Waals surface area contributed by atoms with Gasteiger partial charge in [-0.25, -0.2) is 0 Å². The third-order valence-electron chi connectivity index (χ3n) is 2.72. The number of nitrogens with zero attached hydrogens (tertiary/aromatic N) is 1. The van der Waals surface area contributed by atoms with Crippen LogP contribution in [0.25, 0.3) is 0 Å². The molecule has 0 amide bonds. The van der Waals surface area contributed by atoms with Crippen LogP contribution in [0, 0.1) is 5.92 Å². The molecule has 2 heterocycles. The Morgan fingerprint density at radius 2 is 2.44 bits per heavy atom. The summed E-state index contributed by atoms with van der Waals surface area (Å²) >= 11 is 0. The van der Waals surface area contributed by atoms with E-state index in [9.17, 15) is 0 Å². The lowest BCUT2D eigenvalue weighted by Crippen LogP contribution is -2.28. The summed E-state index contributed by atoms with van der Waals surface area (Å²) in [6, 6.07) is 2.52. The summed E-state index contributed by atoms with van der Waals surface area (Å²) in [4.78, 5) is 0. The number of nitrogens with one attached hydrogen (secondary N) is 1. The Labute approximate surface area is 96.3 Å². The van der Waals surface area contributed by atoms with E-state index >= 15 is 0 Å². The van der Waals surface area contributed by atoms with Crippen molar-refractivity contribution >= 4 is 0 Å². The standard InChI is InChI=1S/C12H20N2O2/c1-9(2)5-11-6-12(16-14-11)7-13-10-3-4-15-8-10/h6,9-10,13H,3-5,7-8H2,1-2H3. The third-order valence-corrected chi connectivity index (χ3v) is 2.72. The maximum Gasteiger partial charge on any atom is 0.150 e. The first kappa shape index (κ1) is 11.6. The predicted octanol–water partition coefficient (Wildman–Crippen LogP) is 1.75. The maximum atomic E-state index is 5.29. The number of aromatic nitrogens is 1. The van der Waals surface area contributed by atoms with E-state index in [0.29, 0.717) is 12.0 Å². The van der Waals surface area contributed by atoms with Gasteiger partial charge >= 0.3 is 0 Å². The first-order valence-corrected chi connectivity index (χ1v) is 5.99. The summed E-state index contributed by atoms with van der Waals surface area (Å²) in [5.74, 6) is 1.54. The molecule has 0 bridgehead atoms. The molecule has 1 atom stereocenters. The number of hydrogen-bond donors (Lipinski definition) is 1. The van der Waals surface area contributed by atoms with E-state index in [4.69, 9.17) is 9.26 Å². The van der Waals surface area contributed by atoms with Gasteiger partial charge in [0, 0.05) is 18.7 Å². The second-order valence-electron chi connectivity index (χ2n) is 4.82. The summed E-state index contributed by atoms with van der Waals surface area (Å²) in [5.41, 5.74) is 1.05. The molecule has 1 saturated heterocycles. The van der Waals surface area contributed by atoms with Gasteiger partial charge in [-0.15, -0.1) is 0 Å². The van der Waals surface area contributed by atoms with Gasteiger partial charge < -0.3 is 14.6 Å². The first-order chi connectivity index (χ1) is 7.74. The van der Waals surface area contributed by atoms with Crippen LogP contribution in [-0.2, 0) is 17.7 Å². The van der Waals surface area contributed by atoms with Gasteiger partial charge in [0.2, 0.25) is 0 Å². The van der Waals surface area contributed by atoms with Crippen molar-refractivity contribution in [2.75, 3.05) is 13.2 Å². The van der Waals surface area contributed by atoms with Crippen molar-refractivity contribution in [2.24, 2.45) is 5.92 Å². The number of ether oxygens (including phenoxy) is 1. The second-order valence-corrected chi connectivity index (χ2v) is 4.82. The largest absolute Gasteiger partial charge is 0.380 e. The van der Waals surface area contributed by atoms with Gasteiger partial charge in [-0.1, -0.05) is 19.0 Å². The molecular formula is C12H20N2O2. The van der Waals surface area contributed by atoms with Crippen molar-refractivity contribution in [1.82, 2.24) is 10.5 Å². The molecule has 0 spiro atoms. The Kier molecular flexibility index (Phi) is 3.96. The van der Waals surface area contributed by atoms with Crippen LogP contribution in [0.5, 0.6) is 0 Å². The molecule has 0 saturated carbocycles. The zero-order valence-corrected chi connectivity index (χ0v) is 10.0. The highest BCUT2D eigenvalue weighted by atomic mass is 16.5. The Bertz CT molecular complexity index is 317. The average molecular weight is 224 g/mol. The average Bonchev–Trinajstić information content (AvgIpc) is 2.84. The number of hydrogen-bond acceptors (Lipinski definition) is 4. The lowest BCUT2D eigenvalue weighted by atomic mass is 10.1. The minimum absolute atomic E-state index is 0.471. The van der Waals surface area contributed by atoms with Crippen molar-refractivity contribution in [1.29, 1.82) is 0 Å². The van der Waals surface area contributed by atoms with E-state index in [-0.39, 0.29) is 0 Å². The van der Waals surface area contributed by atoms with E-state index in [1.54, 1.807) is 0 Å².